The van der Waals surface area contributed by atoms with Gasteiger partial charge in [-0.15, -0.1) is 0 Å². The summed E-state index contributed by atoms with van der Waals surface area (Å²) in [6.07, 6.45) is 0. The van der Waals surface area contributed by atoms with Crippen molar-refractivity contribution < 1.29 is 0 Å². The number of fused-ring (bicyclic) bond motifs is 14. The molecule has 8 aromatic rings. The molecule has 0 amide bonds. The van der Waals surface area contributed by atoms with E-state index in [0.717, 1.165) is 0 Å². The Morgan fingerprint density at radius 2 is 0.957 bits per heavy atom. The zero-order valence-electron chi connectivity index (χ0n) is 25.9. The van der Waals surface area contributed by atoms with E-state index in [-0.39, 0.29) is 0 Å². The van der Waals surface area contributed by atoms with Gasteiger partial charge in [0.2, 0.25) is 0 Å². The molecule has 0 N–H and O–H groups in total. The van der Waals surface area contributed by atoms with E-state index in [0.29, 0.717) is 0 Å². The highest BCUT2D eigenvalue weighted by atomic mass is 15.0. The summed E-state index contributed by atoms with van der Waals surface area (Å²) >= 11 is 0. The topological polar surface area (TPSA) is 4.93 Å². The molecule has 1 heteroatoms. The third kappa shape index (κ3) is 3.10. The van der Waals surface area contributed by atoms with Crippen molar-refractivity contribution in [1.29, 1.82) is 0 Å². The molecule has 0 aliphatic heterocycles. The fourth-order valence-electron chi connectivity index (χ4n) is 8.82. The molecule has 7 aromatic carbocycles. The van der Waals surface area contributed by atoms with Gasteiger partial charge in [-0.3, -0.25) is 0 Å². The summed E-state index contributed by atoms with van der Waals surface area (Å²) in [6.45, 7) is 4.44. The second-order valence-corrected chi connectivity index (χ2v) is 12.9. The first-order valence-corrected chi connectivity index (χ1v) is 16.2. The summed E-state index contributed by atoms with van der Waals surface area (Å²) in [5.41, 5.74) is 19.2. The van der Waals surface area contributed by atoms with Crippen LogP contribution in [0.15, 0.2) is 152 Å². The zero-order valence-corrected chi connectivity index (χ0v) is 25.9. The van der Waals surface area contributed by atoms with Crippen LogP contribution in [-0.2, 0) is 5.41 Å². The summed E-state index contributed by atoms with van der Waals surface area (Å²) in [7, 11) is 0. The molecule has 46 heavy (non-hydrogen) atoms. The van der Waals surface area contributed by atoms with Gasteiger partial charge in [0.05, 0.1) is 16.4 Å². The molecule has 2 aliphatic rings. The summed E-state index contributed by atoms with van der Waals surface area (Å²) in [5.74, 6) is 0. The van der Waals surface area contributed by atoms with Crippen LogP contribution in [0.2, 0.25) is 0 Å². The molecule has 1 heterocycles. The van der Waals surface area contributed by atoms with Gasteiger partial charge < -0.3 is 4.57 Å². The summed E-state index contributed by atoms with van der Waals surface area (Å²) in [5, 5.41) is 2.57. The Morgan fingerprint density at radius 3 is 1.63 bits per heavy atom. The van der Waals surface area contributed by atoms with E-state index in [2.05, 4.69) is 170 Å². The quantitative estimate of drug-likeness (QED) is 0.190. The van der Waals surface area contributed by atoms with E-state index in [1.165, 1.54) is 94.3 Å². The number of hydrogen-bond donors (Lipinski definition) is 0. The van der Waals surface area contributed by atoms with E-state index in [9.17, 15) is 0 Å². The minimum Gasteiger partial charge on any atom is -0.309 e. The largest absolute Gasteiger partial charge is 0.309 e. The second kappa shape index (κ2) is 9.19. The van der Waals surface area contributed by atoms with Gasteiger partial charge in [0.15, 0.2) is 0 Å². The Bertz CT molecular complexity index is 2500. The average Bonchev–Trinajstić information content (AvgIpc) is 3.71. The Hall–Kier alpha value is -5.66. The lowest BCUT2D eigenvalue weighted by Crippen LogP contribution is -2.26. The van der Waals surface area contributed by atoms with Crippen LogP contribution in [0.5, 0.6) is 0 Å². The molecule has 0 saturated carbocycles. The van der Waals surface area contributed by atoms with Crippen molar-refractivity contribution in [3.8, 4) is 39.1 Å². The van der Waals surface area contributed by atoms with Crippen molar-refractivity contribution >= 4 is 21.8 Å². The van der Waals surface area contributed by atoms with Crippen molar-refractivity contribution in [3.63, 3.8) is 0 Å². The van der Waals surface area contributed by atoms with Gasteiger partial charge in [0, 0.05) is 22.0 Å². The summed E-state index contributed by atoms with van der Waals surface area (Å²) < 4.78 is 2.56. The smallest absolute Gasteiger partial charge is 0.0746 e. The van der Waals surface area contributed by atoms with Crippen molar-refractivity contribution in [1.82, 2.24) is 4.57 Å². The van der Waals surface area contributed by atoms with Gasteiger partial charge >= 0.3 is 0 Å². The fraction of sp³-hybridized carbons (Fsp3) is 0.0667. The molecule has 0 bridgehead atoms. The van der Waals surface area contributed by atoms with Crippen LogP contribution in [0.4, 0.5) is 0 Å². The highest BCUT2D eigenvalue weighted by Crippen LogP contribution is 2.64. The van der Waals surface area contributed by atoms with Crippen molar-refractivity contribution in [2.75, 3.05) is 0 Å². The highest BCUT2D eigenvalue weighted by molar-refractivity contribution is 6.14. The molecule has 0 fully saturated rings. The van der Waals surface area contributed by atoms with Crippen LogP contribution in [0.1, 0.15) is 33.4 Å². The Morgan fingerprint density at radius 1 is 0.413 bits per heavy atom. The van der Waals surface area contributed by atoms with Crippen LogP contribution in [0, 0.1) is 13.8 Å². The molecule has 1 spiro atoms. The van der Waals surface area contributed by atoms with Crippen LogP contribution < -0.4 is 0 Å². The number of benzene rings is 7. The standard InChI is InChI=1S/C45H31N/c1-28-13-3-4-14-31(28)38-27-30(24-23-29(38)2)46-42-22-12-8-18-35(42)37-26-25-36-34-17-7-11-21-41(34)45(43(36)44(37)46)39-19-9-5-15-32(39)33-16-6-10-20-40(33)45/h3-27H,1-2H3. The number of hydrogen-bond acceptors (Lipinski definition) is 0. The molecule has 0 radical (unpaired) electrons. The van der Waals surface area contributed by atoms with E-state index in [1.807, 2.05) is 0 Å². The van der Waals surface area contributed by atoms with Gasteiger partial charge in [0.1, 0.15) is 0 Å². The second-order valence-electron chi connectivity index (χ2n) is 12.9. The predicted molar refractivity (Wildman–Crippen MR) is 192 cm³/mol. The fourth-order valence-corrected chi connectivity index (χ4v) is 8.82. The maximum atomic E-state index is 2.56. The van der Waals surface area contributed by atoms with E-state index >= 15 is 0 Å². The number of para-hydroxylation sites is 1. The molecule has 1 nitrogen and oxygen atoms in total. The summed E-state index contributed by atoms with van der Waals surface area (Å²) in [4.78, 5) is 0. The van der Waals surface area contributed by atoms with Crippen molar-refractivity contribution in [3.05, 3.63) is 185 Å². The van der Waals surface area contributed by atoms with Crippen molar-refractivity contribution in [2.24, 2.45) is 0 Å². The predicted octanol–water partition coefficient (Wildman–Crippen LogP) is 11.4. The van der Waals surface area contributed by atoms with E-state index in [1.54, 1.807) is 0 Å². The zero-order chi connectivity index (χ0) is 30.6. The van der Waals surface area contributed by atoms with Gasteiger partial charge in [-0.1, -0.05) is 133 Å². The first-order valence-electron chi connectivity index (χ1n) is 16.2. The maximum Gasteiger partial charge on any atom is 0.0746 e. The van der Waals surface area contributed by atoms with Crippen LogP contribution in [0.3, 0.4) is 0 Å². The molecule has 216 valence electrons. The first-order chi connectivity index (χ1) is 22.7. The number of rotatable bonds is 2. The lowest BCUT2D eigenvalue weighted by molar-refractivity contribution is 0.797. The van der Waals surface area contributed by atoms with Crippen LogP contribution in [-0.4, -0.2) is 4.57 Å². The molecule has 1 aromatic heterocycles. The van der Waals surface area contributed by atoms with E-state index < -0.39 is 5.41 Å². The molecule has 0 saturated heterocycles. The number of aryl methyl sites for hydroxylation is 2. The molecule has 0 unspecified atom stereocenters. The normalized spacial score (nSPS) is 13.6. The SMILES string of the molecule is Cc1ccccc1-c1cc(-n2c3ccccc3c3ccc4c(c32)C2(c3ccccc3-c3ccccc32)c2ccccc2-4)ccc1C. The van der Waals surface area contributed by atoms with Gasteiger partial charge in [-0.05, 0) is 93.2 Å². The first kappa shape index (κ1) is 25.6. The Balaban J connectivity index is 1.41. The number of nitrogens with zero attached hydrogens (tertiary/aromatic N) is 1. The molecular formula is C45H31N. The van der Waals surface area contributed by atoms with Gasteiger partial charge in [-0.25, -0.2) is 0 Å². The highest BCUT2D eigenvalue weighted by Gasteiger charge is 2.53. The molecule has 2 aliphatic carbocycles. The third-order valence-corrected chi connectivity index (χ3v) is 10.7. The van der Waals surface area contributed by atoms with Crippen LogP contribution in [0.25, 0.3) is 60.9 Å². The monoisotopic (exact) mass is 585 g/mol. The lowest BCUT2D eigenvalue weighted by Gasteiger charge is -2.31. The lowest BCUT2D eigenvalue weighted by atomic mass is 9.70. The van der Waals surface area contributed by atoms with Crippen molar-refractivity contribution in [2.45, 2.75) is 19.3 Å². The molecule has 0 atom stereocenters. The maximum absolute atomic E-state index is 2.56. The summed E-state index contributed by atoms with van der Waals surface area (Å²) in [6, 6.07) is 56.8. The van der Waals surface area contributed by atoms with E-state index in [4.69, 9.17) is 0 Å². The third-order valence-electron chi connectivity index (χ3n) is 10.7. The minimum absolute atomic E-state index is 0.422. The average molecular weight is 586 g/mol. The van der Waals surface area contributed by atoms with Crippen LogP contribution >= 0.6 is 0 Å². The minimum atomic E-state index is -0.422. The van der Waals surface area contributed by atoms with Gasteiger partial charge in [-0.2, -0.15) is 0 Å². The Kier molecular flexibility index (Phi) is 5.12. The number of aromatic nitrogens is 1. The van der Waals surface area contributed by atoms with Gasteiger partial charge in [0.25, 0.3) is 0 Å². The Labute approximate surface area is 269 Å². The molecule has 10 rings (SSSR count). The molecular weight excluding hydrogens is 555 g/mol.